The number of hydrogen-bond acceptors (Lipinski definition) is 5. The molecule has 0 saturated carbocycles. The molecule has 2 aliphatic heterocycles. The molecule has 176 valence electrons. The molecule has 0 N–H and O–H groups in total. The molecule has 1 unspecified atom stereocenters. The number of rotatable bonds is 6. The van der Waals surface area contributed by atoms with Crippen molar-refractivity contribution in [1.82, 2.24) is 14.8 Å². The highest BCUT2D eigenvalue weighted by atomic mass is 35.5. The maximum absolute atomic E-state index is 13.2. The maximum Gasteiger partial charge on any atom is 0.257 e. The maximum atomic E-state index is 13.2. The van der Waals surface area contributed by atoms with Gasteiger partial charge in [-0.15, -0.1) is 0 Å². The van der Waals surface area contributed by atoms with Gasteiger partial charge in [-0.3, -0.25) is 9.59 Å². The highest BCUT2D eigenvalue weighted by molar-refractivity contribution is 6.32. The van der Waals surface area contributed by atoms with Crippen LogP contribution in [-0.4, -0.2) is 71.6 Å². The molecule has 9 heteroatoms. The highest BCUT2D eigenvalue weighted by Crippen LogP contribution is 2.28. The Labute approximate surface area is 203 Å². The van der Waals surface area contributed by atoms with Crippen LogP contribution in [0.25, 0.3) is 0 Å². The number of halogens is 2. The van der Waals surface area contributed by atoms with Gasteiger partial charge in [-0.05, 0) is 49.6 Å². The van der Waals surface area contributed by atoms with E-state index in [2.05, 4.69) is 4.98 Å². The van der Waals surface area contributed by atoms with Crippen LogP contribution < -0.4 is 4.74 Å². The Morgan fingerprint density at radius 3 is 2.64 bits per heavy atom. The molecule has 0 bridgehead atoms. The van der Waals surface area contributed by atoms with Crippen LogP contribution in [0.15, 0.2) is 42.6 Å². The lowest BCUT2D eigenvalue weighted by Crippen LogP contribution is -2.58. The summed E-state index contributed by atoms with van der Waals surface area (Å²) in [5.74, 6) is 0.349. The lowest BCUT2D eigenvalue weighted by Gasteiger charge is -2.43. The Morgan fingerprint density at radius 1 is 1.06 bits per heavy atom. The topological polar surface area (TPSA) is 72.0 Å². The number of carbonyl (C=O) groups is 2. The number of nitrogens with zero attached hydrogens (tertiary/aromatic N) is 3. The smallest absolute Gasteiger partial charge is 0.257 e. The second kappa shape index (κ2) is 10.7. The van der Waals surface area contributed by atoms with Crippen LogP contribution in [0, 0.1) is 0 Å². The van der Waals surface area contributed by atoms with E-state index >= 15 is 0 Å². The van der Waals surface area contributed by atoms with Crippen molar-refractivity contribution in [2.24, 2.45) is 0 Å². The van der Waals surface area contributed by atoms with E-state index in [1.54, 1.807) is 47.5 Å². The number of likely N-dealkylation sites (tertiary alicyclic amines) is 1. The first kappa shape index (κ1) is 23.8. The van der Waals surface area contributed by atoms with Gasteiger partial charge in [-0.1, -0.05) is 29.3 Å². The Morgan fingerprint density at radius 2 is 1.88 bits per heavy atom. The number of pyridine rings is 1. The van der Waals surface area contributed by atoms with Crippen molar-refractivity contribution in [2.45, 2.75) is 31.3 Å². The average molecular weight is 492 g/mol. The first-order chi connectivity index (χ1) is 16.0. The highest BCUT2D eigenvalue weighted by Gasteiger charge is 2.42. The minimum absolute atomic E-state index is 0.0121. The molecule has 0 aliphatic carbocycles. The summed E-state index contributed by atoms with van der Waals surface area (Å²) in [5.41, 5.74) is -0.660. The zero-order chi connectivity index (χ0) is 23.3. The van der Waals surface area contributed by atoms with Crippen molar-refractivity contribution in [3.63, 3.8) is 0 Å². The molecule has 1 atom stereocenters. The minimum atomic E-state index is -0.987. The van der Waals surface area contributed by atoms with Crippen molar-refractivity contribution in [3.8, 4) is 5.75 Å². The van der Waals surface area contributed by atoms with E-state index in [1.165, 1.54) is 0 Å². The second-order valence-corrected chi connectivity index (χ2v) is 9.26. The number of amides is 2. The lowest BCUT2D eigenvalue weighted by atomic mass is 9.95. The summed E-state index contributed by atoms with van der Waals surface area (Å²) in [7, 11) is 0. The third-order valence-corrected chi connectivity index (χ3v) is 6.54. The SMILES string of the molecule is O=C(CC1(COc2cccc(Cl)c2)CN(C(=O)c2cccnc2Cl)CCO1)N1CCCCC1. The van der Waals surface area contributed by atoms with Crippen LogP contribution in [0.5, 0.6) is 5.75 Å². The van der Waals surface area contributed by atoms with E-state index in [0.717, 1.165) is 32.4 Å². The van der Waals surface area contributed by atoms with E-state index in [1.807, 2.05) is 4.90 Å². The van der Waals surface area contributed by atoms with Gasteiger partial charge in [-0.25, -0.2) is 4.98 Å². The van der Waals surface area contributed by atoms with E-state index in [-0.39, 0.29) is 43.1 Å². The van der Waals surface area contributed by atoms with Crippen LogP contribution in [0.4, 0.5) is 0 Å². The first-order valence-corrected chi connectivity index (χ1v) is 11.9. The molecule has 0 radical (unpaired) electrons. The van der Waals surface area contributed by atoms with Gasteiger partial charge < -0.3 is 19.3 Å². The van der Waals surface area contributed by atoms with Gasteiger partial charge >= 0.3 is 0 Å². The molecule has 4 rings (SSSR count). The Balaban J connectivity index is 1.54. The number of morpholine rings is 1. The molecule has 0 spiro atoms. The molecule has 2 saturated heterocycles. The molecular formula is C24H27Cl2N3O4. The quantitative estimate of drug-likeness (QED) is 0.569. The Bertz CT molecular complexity index is 999. The van der Waals surface area contributed by atoms with Crippen LogP contribution in [0.1, 0.15) is 36.0 Å². The number of carbonyl (C=O) groups excluding carboxylic acids is 2. The molecule has 2 aliphatic rings. The van der Waals surface area contributed by atoms with Gasteiger partial charge in [0.15, 0.2) is 0 Å². The third kappa shape index (κ3) is 5.96. The summed E-state index contributed by atoms with van der Waals surface area (Å²) in [6, 6.07) is 10.4. The molecule has 2 aromatic rings. The number of hydrogen-bond donors (Lipinski definition) is 0. The predicted molar refractivity (Wildman–Crippen MR) is 126 cm³/mol. The van der Waals surface area contributed by atoms with Gasteiger partial charge in [0.1, 0.15) is 23.1 Å². The van der Waals surface area contributed by atoms with Crippen molar-refractivity contribution < 1.29 is 19.1 Å². The molecule has 2 amide bonds. The van der Waals surface area contributed by atoms with Gasteiger partial charge in [0.05, 0.1) is 25.1 Å². The summed E-state index contributed by atoms with van der Waals surface area (Å²) < 4.78 is 12.2. The van der Waals surface area contributed by atoms with Crippen molar-refractivity contribution in [2.75, 3.05) is 39.4 Å². The fourth-order valence-corrected chi connectivity index (χ4v) is 4.66. The van der Waals surface area contributed by atoms with Crippen molar-refractivity contribution in [3.05, 3.63) is 58.3 Å². The summed E-state index contributed by atoms with van der Waals surface area (Å²) >= 11 is 12.3. The molecule has 1 aromatic carbocycles. The second-order valence-electron chi connectivity index (χ2n) is 8.46. The zero-order valence-electron chi connectivity index (χ0n) is 18.3. The summed E-state index contributed by atoms with van der Waals surface area (Å²) in [6.07, 6.45) is 4.81. The van der Waals surface area contributed by atoms with Gasteiger partial charge in [0.25, 0.3) is 5.91 Å². The molecule has 7 nitrogen and oxygen atoms in total. The minimum Gasteiger partial charge on any atom is -0.490 e. The van der Waals surface area contributed by atoms with Crippen molar-refractivity contribution in [1.29, 1.82) is 0 Å². The number of benzene rings is 1. The fraction of sp³-hybridized carbons (Fsp3) is 0.458. The van der Waals surface area contributed by atoms with Gasteiger partial charge in [-0.2, -0.15) is 0 Å². The Kier molecular flexibility index (Phi) is 7.73. The monoisotopic (exact) mass is 491 g/mol. The standard InChI is InChI=1S/C24H27Cl2N3O4/c25-18-6-4-7-19(14-18)32-17-24(15-21(30)28-10-2-1-3-11-28)16-29(12-13-33-24)23(31)20-8-5-9-27-22(20)26/h4-9,14H,1-3,10-13,15-17H2. The number of piperidine rings is 1. The molecule has 3 heterocycles. The van der Waals surface area contributed by atoms with Gasteiger partial charge in [0.2, 0.25) is 5.91 Å². The van der Waals surface area contributed by atoms with Gasteiger partial charge in [0, 0.05) is 30.9 Å². The summed E-state index contributed by atoms with van der Waals surface area (Å²) in [6.45, 7) is 2.49. The largest absolute Gasteiger partial charge is 0.490 e. The average Bonchev–Trinajstić information content (AvgIpc) is 2.83. The molecule has 1 aromatic heterocycles. The fourth-order valence-electron chi connectivity index (χ4n) is 4.28. The summed E-state index contributed by atoms with van der Waals surface area (Å²) in [4.78, 5) is 33.9. The zero-order valence-corrected chi connectivity index (χ0v) is 19.9. The van der Waals surface area contributed by atoms with E-state index in [0.29, 0.717) is 22.9 Å². The normalized spacial score (nSPS) is 21.0. The van der Waals surface area contributed by atoms with Crippen LogP contribution >= 0.6 is 23.2 Å². The van der Waals surface area contributed by atoms with E-state index < -0.39 is 5.60 Å². The van der Waals surface area contributed by atoms with Crippen molar-refractivity contribution >= 4 is 35.0 Å². The Hall–Kier alpha value is -2.35. The molecule has 2 fully saturated rings. The number of aromatic nitrogens is 1. The van der Waals surface area contributed by atoms with E-state index in [4.69, 9.17) is 32.7 Å². The molecular weight excluding hydrogens is 465 g/mol. The van der Waals surface area contributed by atoms with Crippen LogP contribution in [-0.2, 0) is 9.53 Å². The predicted octanol–water partition coefficient (Wildman–Crippen LogP) is 4.08. The van der Waals surface area contributed by atoms with E-state index in [9.17, 15) is 9.59 Å². The molecule has 33 heavy (non-hydrogen) atoms. The third-order valence-electron chi connectivity index (χ3n) is 6.01. The summed E-state index contributed by atoms with van der Waals surface area (Å²) in [5, 5.41) is 0.706. The first-order valence-electron chi connectivity index (χ1n) is 11.2. The van der Waals surface area contributed by atoms with Crippen LogP contribution in [0.2, 0.25) is 10.2 Å². The number of ether oxygens (including phenoxy) is 2. The lowest BCUT2D eigenvalue weighted by molar-refractivity contribution is -0.153. The van der Waals surface area contributed by atoms with Crippen LogP contribution in [0.3, 0.4) is 0 Å².